The first-order chi connectivity index (χ1) is 10.1. The normalized spacial score (nSPS) is 11.7. The molecule has 0 fully saturated rings. The molecule has 21 heavy (non-hydrogen) atoms. The molecule has 2 aromatic rings. The number of ether oxygens (including phenoxy) is 1. The van der Waals surface area contributed by atoms with Crippen LogP contribution in [-0.2, 0) is 11.2 Å². The Kier molecular flexibility index (Phi) is 5.64. The lowest BCUT2D eigenvalue weighted by Gasteiger charge is -2.15. The molecule has 1 amide bonds. The standard InChI is InChI=1S/C17H18ClNO2/c1-13(12-21-16-8-3-2-4-9-16)19-17(20)11-14-6-5-7-15(18)10-14/h2-10,13H,11-12H2,1H3,(H,19,20). The minimum Gasteiger partial charge on any atom is -0.491 e. The van der Waals surface area contributed by atoms with Crippen LogP contribution in [0.15, 0.2) is 54.6 Å². The number of nitrogens with one attached hydrogen (secondary N) is 1. The summed E-state index contributed by atoms with van der Waals surface area (Å²) in [5.41, 5.74) is 0.899. The van der Waals surface area contributed by atoms with Gasteiger partial charge < -0.3 is 10.1 Å². The Hall–Kier alpha value is -2.00. The highest BCUT2D eigenvalue weighted by Crippen LogP contribution is 2.11. The van der Waals surface area contributed by atoms with E-state index in [0.717, 1.165) is 11.3 Å². The monoisotopic (exact) mass is 303 g/mol. The van der Waals surface area contributed by atoms with Crippen LogP contribution in [0.2, 0.25) is 5.02 Å². The zero-order valence-corrected chi connectivity index (χ0v) is 12.6. The van der Waals surface area contributed by atoms with Gasteiger partial charge in [0.2, 0.25) is 5.91 Å². The fourth-order valence-corrected chi connectivity index (χ4v) is 2.15. The lowest BCUT2D eigenvalue weighted by molar-refractivity contribution is -0.121. The molecule has 1 unspecified atom stereocenters. The molecule has 0 heterocycles. The first-order valence-electron chi connectivity index (χ1n) is 6.85. The summed E-state index contributed by atoms with van der Waals surface area (Å²) in [6.45, 7) is 2.35. The highest BCUT2D eigenvalue weighted by Gasteiger charge is 2.09. The van der Waals surface area contributed by atoms with Gasteiger partial charge >= 0.3 is 0 Å². The Bertz CT molecular complexity index is 586. The molecule has 0 aliphatic heterocycles. The van der Waals surface area contributed by atoms with Gasteiger partial charge in [-0.25, -0.2) is 0 Å². The molecule has 0 bridgehead atoms. The van der Waals surface area contributed by atoms with Crippen molar-refractivity contribution >= 4 is 17.5 Å². The molecule has 0 saturated heterocycles. The third kappa shape index (κ3) is 5.48. The predicted octanol–water partition coefficient (Wildman–Crippen LogP) is 3.47. The van der Waals surface area contributed by atoms with Gasteiger partial charge in [-0.05, 0) is 36.8 Å². The number of amides is 1. The quantitative estimate of drug-likeness (QED) is 0.887. The van der Waals surface area contributed by atoms with Gasteiger partial charge in [0.05, 0.1) is 12.5 Å². The summed E-state index contributed by atoms with van der Waals surface area (Å²) in [6, 6.07) is 16.8. The van der Waals surface area contributed by atoms with Crippen molar-refractivity contribution in [2.75, 3.05) is 6.61 Å². The van der Waals surface area contributed by atoms with Crippen molar-refractivity contribution in [3.8, 4) is 5.75 Å². The second kappa shape index (κ2) is 7.70. The summed E-state index contributed by atoms with van der Waals surface area (Å²) >= 11 is 5.90. The molecule has 1 N–H and O–H groups in total. The Balaban J connectivity index is 1.77. The molecule has 110 valence electrons. The van der Waals surface area contributed by atoms with Gasteiger partial charge in [0.1, 0.15) is 12.4 Å². The topological polar surface area (TPSA) is 38.3 Å². The third-order valence-corrected chi connectivity index (χ3v) is 3.14. The predicted molar refractivity (Wildman–Crippen MR) is 84.7 cm³/mol. The van der Waals surface area contributed by atoms with E-state index >= 15 is 0 Å². The highest BCUT2D eigenvalue weighted by atomic mass is 35.5. The first-order valence-corrected chi connectivity index (χ1v) is 7.23. The van der Waals surface area contributed by atoms with E-state index in [1.807, 2.05) is 49.4 Å². The fourth-order valence-electron chi connectivity index (χ4n) is 1.94. The number of hydrogen-bond donors (Lipinski definition) is 1. The summed E-state index contributed by atoms with van der Waals surface area (Å²) in [5.74, 6) is 0.759. The molecule has 0 aromatic heterocycles. The largest absolute Gasteiger partial charge is 0.491 e. The highest BCUT2D eigenvalue weighted by molar-refractivity contribution is 6.30. The summed E-state index contributed by atoms with van der Waals surface area (Å²) in [6.07, 6.45) is 0.316. The van der Waals surface area contributed by atoms with Gasteiger partial charge in [0.25, 0.3) is 0 Å². The van der Waals surface area contributed by atoms with E-state index in [2.05, 4.69) is 5.32 Å². The van der Waals surface area contributed by atoms with E-state index in [9.17, 15) is 4.79 Å². The van der Waals surface area contributed by atoms with Gasteiger partial charge in [0.15, 0.2) is 0 Å². The van der Waals surface area contributed by atoms with E-state index in [1.54, 1.807) is 12.1 Å². The van der Waals surface area contributed by atoms with Crippen LogP contribution in [-0.4, -0.2) is 18.6 Å². The van der Waals surface area contributed by atoms with Crippen molar-refractivity contribution < 1.29 is 9.53 Å². The Morgan fingerprint density at radius 1 is 1.19 bits per heavy atom. The lowest BCUT2D eigenvalue weighted by atomic mass is 10.1. The second-order valence-electron chi connectivity index (χ2n) is 4.90. The number of carbonyl (C=O) groups is 1. The molecule has 0 aliphatic carbocycles. The second-order valence-corrected chi connectivity index (χ2v) is 5.34. The van der Waals surface area contributed by atoms with Crippen LogP contribution in [0.1, 0.15) is 12.5 Å². The molecule has 3 nitrogen and oxygen atoms in total. The van der Waals surface area contributed by atoms with Gasteiger partial charge in [-0.3, -0.25) is 4.79 Å². The fraction of sp³-hybridized carbons (Fsp3) is 0.235. The van der Waals surface area contributed by atoms with Crippen LogP contribution < -0.4 is 10.1 Å². The molecular weight excluding hydrogens is 286 g/mol. The number of carbonyl (C=O) groups excluding carboxylic acids is 1. The molecular formula is C17H18ClNO2. The van der Waals surface area contributed by atoms with Crippen molar-refractivity contribution in [2.24, 2.45) is 0 Å². The summed E-state index contributed by atoms with van der Waals surface area (Å²) in [5, 5.41) is 3.55. The summed E-state index contributed by atoms with van der Waals surface area (Å²) in [7, 11) is 0. The Morgan fingerprint density at radius 3 is 2.67 bits per heavy atom. The molecule has 0 radical (unpaired) electrons. The van der Waals surface area contributed by atoms with Gasteiger partial charge in [-0.1, -0.05) is 41.9 Å². The van der Waals surface area contributed by atoms with Crippen LogP contribution in [0, 0.1) is 0 Å². The average Bonchev–Trinajstić information content (AvgIpc) is 2.46. The Labute approximate surface area is 129 Å². The number of halogens is 1. The summed E-state index contributed by atoms with van der Waals surface area (Å²) < 4.78 is 5.60. The van der Waals surface area contributed by atoms with Gasteiger partial charge in [0, 0.05) is 5.02 Å². The molecule has 0 spiro atoms. The number of para-hydroxylation sites is 1. The summed E-state index contributed by atoms with van der Waals surface area (Å²) in [4.78, 5) is 11.9. The van der Waals surface area contributed by atoms with E-state index in [-0.39, 0.29) is 11.9 Å². The van der Waals surface area contributed by atoms with Crippen molar-refractivity contribution in [3.63, 3.8) is 0 Å². The maximum Gasteiger partial charge on any atom is 0.224 e. The van der Waals surface area contributed by atoms with E-state index < -0.39 is 0 Å². The molecule has 2 rings (SSSR count). The lowest BCUT2D eigenvalue weighted by Crippen LogP contribution is -2.37. The molecule has 0 aliphatic rings. The average molecular weight is 304 g/mol. The van der Waals surface area contributed by atoms with Crippen LogP contribution in [0.4, 0.5) is 0 Å². The van der Waals surface area contributed by atoms with Crippen LogP contribution in [0.5, 0.6) is 5.75 Å². The van der Waals surface area contributed by atoms with Crippen molar-refractivity contribution in [3.05, 3.63) is 65.2 Å². The van der Waals surface area contributed by atoms with Crippen molar-refractivity contribution in [1.29, 1.82) is 0 Å². The number of benzene rings is 2. The maximum absolute atomic E-state index is 11.9. The van der Waals surface area contributed by atoms with Crippen molar-refractivity contribution in [2.45, 2.75) is 19.4 Å². The number of hydrogen-bond acceptors (Lipinski definition) is 2. The minimum atomic E-state index is -0.0584. The Morgan fingerprint density at radius 2 is 1.95 bits per heavy atom. The maximum atomic E-state index is 11.9. The van der Waals surface area contributed by atoms with Crippen LogP contribution in [0.25, 0.3) is 0 Å². The zero-order chi connectivity index (χ0) is 15.1. The molecule has 4 heteroatoms. The molecule has 0 saturated carbocycles. The van der Waals surface area contributed by atoms with Gasteiger partial charge in [-0.15, -0.1) is 0 Å². The zero-order valence-electron chi connectivity index (χ0n) is 11.9. The SMILES string of the molecule is CC(COc1ccccc1)NC(=O)Cc1cccc(Cl)c1. The van der Waals surface area contributed by atoms with Gasteiger partial charge in [-0.2, -0.15) is 0 Å². The third-order valence-electron chi connectivity index (χ3n) is 2.90. The van der Waals surface area contributed by atoms with E-state index in [1.165, 1.54) is 0 Å². The van der Waals surface area contributed by atoms with Crippen molar-refractivity contribution in [1.82, 2.24) is 5.32 Å². The minimum absolute atomic E-state index is 0.0403. The first kappa shape index (κ1) is 15.4. The molecule has 2 aromatic carbocycles. The number of rotatable bonds is 6. The van der Waals surface area contributed by atoms with E-state index in [4.69, 9.17) is 16.3 Å². The molecule has 1 atom stereocenters. The van der Waals surface area contributed by atoms with Crippen LogP contribution >= 0.6 is 11.6 Å². The van der Waals surface area contributed by atoms with E-state index in [0.29, 0.717) is 18.1 Å². The van der Waals surface area contributed by atoms with Crippen LogP contribution in [0.3, 0.4) is 0 Å². The smallest absolute Gasteiger partial charge is 0.224 e.